The second-order valence-electron chi connectivity index (χ2n) is 6.72. The smallest absolute Gasteiger partial charge is 0.244 e. The molecule has 3 rings (SSSR count). The number of carbonyl (C=O) groups is 1. The van der Waals surface area contributed by atoms with Crippen molar-refractivity contribution in [3.8, 4) is 0 Å². The van der Waals surface area contributed by atoms with Crippen molar-refractivity contribution in [1.82, 2.24) is 14.1 Å². The van der Waals surface area contributed by atoms with Crippen molar-refractivity contribution in [1.29, 1.82) is 0 Å². The molecule has 1 aromatic carbocycles. The zero-order valence-electron chi connectivity index (χ0n) is 14.7. The standard InChI is InChI=1S/C17H23Cl2N3O3S/c1-13(17(23)21-6-2-3-7-21)20-8-10-22(11-9-20)26(24,25)16-12-14(18)4-5-15(16)19/h4-5,12-13H,2-3,6-11H2,1H3/t13-/m0/s1. The van der Waals surface area contributed by atoms with Crippen LogP contribution in [-0.2, 0) is 14.8 Å². The summed E-state index contributed by atoms with van der Waals surface area (Å²) in [5.74, 6) is 0.136. The van der Waals surface area contributed by atoms with Gasteiger partial charge in [-0.3, -0.25) is 9.69 Å². The highest BCUT2D eigenvalue weighted by Gasteiger charge is 2.34. The van der Waals surface area contributed by atoms with Crippen LogP contribution in [0.4, 0.5) is 0 Å². The summed E-state index contributed by atoms with van der Waals surface area (Å²) < 4.78 is 27.1. The van der Waals surface area contributed by atoms with Crippen LogP contribution in [0, 0.1) is 0 Å². The fourth-order valence-corrected chi connectivity index (χ4v) is 5.66. The Morgan fingerprint density at radius 1 is 1.04 bits per heavy atom. The molecule has 1 aromatic rings. The lowest BCUT2D eigenvalue weighted by Crippen LogP contribution is -2.55. The molecule has 9 heteroatoms. The van der Waals surface area contributed by atoms with E-state index in [1.807, 2.05) is 16.7 Å². The predicted molar refractivity (Wildman–Crippen MR) is 102 cm³/mol. The Morgan fingerprint density at radius 2 is 1.65 bits per heavy atom. The molecule has 144 valence electrons. The minimum atomic E-state index is -3.71. The summed E-state index contributed by atoms with van der Waals surface area (Å²) in [7, 11) is -3.71. The van der Waals surface area contributed by atoms with E-state index >= 15 is 0 Å². The lowest BCUT2D eigenvalue weighted by atomic mass is 10.2. The van der Waals surface area contributed by atoms with Gasteiger partial charge in [0.2, 0.25) is 15.9 Å². The van der Waals surface area contributed by atoms with Crippen molar-refractivity contribution in [2.75, 3.05) is 39.3 Å². The maximum absolute atomic E-state index is 12.9. The maximum Gasteiger partial charge on any atom is 0.244 e. The number of rotatable bonds is 4. The van der Waals surface area contributed by atoms with E-state index in [4.69, 9.17) is 23.2 Å². The van der Waals surface area contributed by atoms with Gasteiger partial charge in [0, 0.05) is 44.3 Å². The second kappa shape index (κ2) is 8.02. The van der Waals surface area contributed by atoms with Gasteiger partial charge in [0.25, 0.3) is 0 Å². The molecule has 2 aliphatic rings. The normalized spacial score (nSPS) is 21.1. The molecular weight excluding hydrogens is 397 g/mol. The van der Waals surface area contributed by atoms with E-state index in [0.29, 0.717) is 31.2 Å². The minimum absolute atomic E-state index is 0.0290. The minimum Gasteiger partial charge on any atom is -0.341 e. The number of piperazine rings is 1. The second-order valence-corrected chi connectivity index (χ2v) is 9.47. The van der Waals surface area contributed by atoms with Gasteiger partial charge in [-0.2, -0.15) is 4.31 Å². The summed E-state index contributed by atoms with van der Waals surface area (Å²) in [5, 5.41) is 0.492. The lowest BCUT2D eigenvalue weighted by molar-refractivity contribution is -0.135. The Labute approximate surface area is 164 Å². The molecule has 0 radical (unpaired) electrons. The van der Waals surface area contributed by atoms with E-state index in [-0.39, 0.29) is 21.9 Å². The Kier molecular flexibility index (Phi) is 6.14. The molecule has 0 saturated carbocycles. The molecule has 1 amide bonds. The van der Waals surface area contributed by atoms with Crippen LogP contribution in [0.3, 0.4) is 0 Å². The molecule has 0 N–H and O–H groups in total. The van der Waals surface area contributed by atoms with Crippen molar-refractivity contribution in [2.45, 2.75) is 30.7 Å². The molecule has 0 spiro atoms. The number of likely N-dealkylation sites (tertiary alicyclic amines) is 1. The molecule has 2 aliphatic heterocycles. The van der Waals surface area contributed by atoms with E-state index in [9.17, 15) is 13.2 Å². The van der Waals surface area contributed by atoms with Crippen LogP contribution in [-0.4, -0.2) is 73.7 Å². The summed E-state index contributed by atoms with van der Waals surface area (Å²) in [6, 6.07) is 4.20. The van der Waals surface area contributed by atoms with Gasteiger partial charge in [0.1, 0.15) is 4.90 Å². The van der Waals surface area contributed by atoms with Crippen LogP contribution in [0.2, 0.25) is 10.0 Å². The van der Waals surface area contributed by atoms with E-state index in [1.165, 1.54) is 16.4 Å². The van der Waals surface area contributed by atoms with Crippen molar-refractivity contribution >= 4 is 39.1 Å². The van der Waals surface area contributed by atoms with E-state index in [1.54, 1.807) is 6.07 Å². The molecular formula is C17H23Cl2N3O3S. The van der Waals surface area contributed by atoms with Crippen LogP contribution in [0.25, 0.3) is 0 Å². The summed E-state index contributed by atoms with van der Waals surface area (Å²) in [4.78, 5) is 16.5. The molecule has 2 heterocycles. The first-order valence-corrected chi connectivity index (χ1v) is 11.0. The molecule has 2 saturated heterocycles. The van der Waals surface area contributed by atoms with Crippen LogP contribution in [0.1, 0.15) is 19.8 Å². The third kappa shape index (κ3) is 4.02. The third-order valence-electron chi connectivity index (χ3n) is 5.11. The molecule has 26 heavy (non-hydrogen) atoms. The van der Waals surface area contributed by atoms with E-state index < -0.39 is 10.0 Å². The highest BCUT2D eigenvalue weighted by molar-refractivity contribution is 7.89. The first kappa shape index (κ1) is 19.9. The number of sulfonamides is 1. The molecule has 1 atom stereocenters. The van der Waals surface area contributed by atoms with Crippen molar-refractivity contribution in [3.05, 3.63) is 28.2 Å². The van der Waals surface area contributed by atoms with Crippen molar-refractivity contribution < 1.29 is 13.2 Å². The Balaban J connectivity index is 1.66. The van der Waals surface area contributed by atoms with Gasteiger partial charge in [0.15, 0.2) is 0 Å². The van der Waals surface area contributed by atoms with E-state index in [0.717, 1.165) is 25.9 Å². The zero-order chi connectivity index (χ0) is 18.9. The van der Waals surface area contributed by atoms with Gasteiger partial charge in [-0.1, -0.05) is 23.2 Å². The monoisotopic (exact) mass is 419 g/mol. The summed E-state index contributed by atoms with van der Waals surface area (Å²) in [5.41, 5.74) is 0. The first-order valence-electron chi connectivity index (χ1n) is 8.79. The van der Waals surface area contributed by atoms with Gasteiger partial charge in [-0.15, -0.1) is 0 Å². The number of amides is 1. The number of benzene rings is 1. The average Bonchev–Trinajstić information content (AvgIpc) is 3.17. The number of nitrogens with zero attached hydrogens (tertiary/aromatic N) is 3. The Morgan fingerprint density at radius 3 is 2.27 bits per heavy atom. The maximum atomic E-state index is 12.9. The van der Waals surface area contributed by atoms with Crippen LogP contribution in [0.5, 0.6) is 0 Å². The fraction of sp³-hybridized carbons (Fsp3) is 0.588. The van der Waals surface area contributed by atoms with Crippen LogP contribution < -0.4 is 0 Å². The van der Waals surface area contributed by atoms with Gasteiger partial charge >= 0.3 is 0 Å². The van der Waals surface area contributed by atoms with Gasteiger partial charge in [0.05, 0.1) is 11.1 Å². The topological polar surface area (TPSA) is 60.9 Å². The number of halogens is 2. The molecule has 2 fully saturated rings. The molecule has 6 nitrogen and oxygen atoms in total. The molecule has 0 unspecified atom stereocenters. The van der Waals surface area contributed by atoms with Crippen molar-refractivity contribution in [3.63, 3.8) is 0 Å². The molecule has 0 bridgehead atoms. The predicted octanol–water partition coefficient (Wildman–Crippen LogP) is 2.31. The third-order valence-corrected chi connectivity index (χ3v) is 7.72. The summed E-state index contributed by atoms with van der Waals surface area (Å²) >= 11 is 12.0. The fourth-order valence-electron chi connectivity index (χ4n) is 3.50. The Bertz CT molecular complexity index is 773. The number of carbonyl (C=O) groups excluding carboxylic acids is 1. The number of hydrogen-bond donors (Lipinski definition) is 0. The molecule has 0 aromatic heterocycles. The van der Waals surface area contributed by atoms with E-state index in [2.05, 4.69) is 0 Å². The quantitative estimate of drug-likeness (QED) is 0.750. The zero-order valence-corrected chi connectivity index (χ0v) is 17.0. The number of hydrogen-bond acceptors (Lipinski definition) is 4. The average molecular weight is 420 g/mol. The Hall–Kier alpha value is -0.860. The van der Waals surface area contributed by atoms with Gasteiger partial charge < -0.3 is 4.90 Å². The molecule has 0 aliphatic carbocycles. The SMILES string of the molecule is C[C@@H](C(=O)N1CCCC1)N1CCN(S(=O)(=O)c2cc(Cl)ccc2Cl)CC1. The highest BCUT2D eigenvalue weighted by Crippen LogP contribution is 2.28. The van der Waals surface area contributed by atoms with Gasteiger partial charge in [-0.25, -0.2) is 8.42 Å². The first-order chi connectivity index (χ1) is 12.3. The largest absolute Gasteiger partial charge is 0.341 e. The highest BCUT2D eigenvalue weighted by atomic mass is 35.5. The van der Waals surface area contributed by atoms with Crippen LogP contribution in [0.15, 0.2) is 23.1 Å². The lowest BCUT2D eigenvalue weighted by Gasteiger charge is -2.37. The summed E-state index contributed by atoms with van der Waals surface area (Å²) in [6.45, 7) is 5.22. The summed E-state index contributed by atoms with van der Waals surface area (Å²) in [6.07, 6.45) is 2.12. The van der Waals surface area contributed by atoms with Crippen molar-refractivity contribution in [2.24, 2.45) is 0 Å². The van der Waals surface area contributed by atoms with Crippen LogP contribution >= 0.6 is 23.2 Å². The van der Waals surface area contributed by atoms with Gasteiger partial charge in [-0.05, 0) is 38.0 Å².